The van der Waals surface area contributed by atoms with E-state index in [1.165, 1.54) is 6.20 Å². The zero-order valence-electron chi connectivity index (χ0n) is 14.0. The van der Waals surface area contributed by atoms with Crippen LogP contribution in [0.1, 0.15) is 27.2 Å². The fourth-order valence-corrected chi connectivity index (χ4v) is 2.77. The topological polar surface area (TPSA) is 74.7 Å². The summed E-state index contributed by atoms with van der Waals surface area (Å²) in [5, 5.41) is 10.9. The average molecular weight is 320 g/mol. The number of fused-ring (bicyclic) bond motifs is 1. The second-order valence-corrected chi connectivity index (χ2v) is 5.44. The SMILES string of the molecule is COc1ccc(CN2Cc3cc(C(=O)[O-])cnc3C2)c(OC)c1.[Li+]. The molecule has 0 unspecified atom stereocenters. The van der Waals surface area contributed by atoms with Crippen LogP contribution in [0.3, 0.4) is 0 Å². The normalized spacial score (nSPS) is 13.1. The number of aromatic carboxylic acids is 1. The van der Waals surface area contributed by atoms with Crippen molar-refractivity contribution in [1.82, 2.24) is 9.88 Å². The fourth-order valence-electron chi connectivity index (χ4n) is 2.77. The van der Waals surface area contributed by atoms with Gasteiger partial charge in [-0.2, -0.15) is 0 Å². The fraction of sp³-hybridized carbons (Fsp3) is 0.294. The summed E-state index contributed by atoms with van der Waals surface area (Å²) in [4.78, 5) is 17.3. The summed E-state index contributed by atoms with van der Waals surface area (Å²) < 4.78 is 10.6. The molecule has 1 aromatic heterocycles. The van der Waals surface area contributed by atoms with E-state index in [-0.39, 0.29) is 24.4 Å². The molecule has 0 radical (unpaired) electrons. The van der Waals surface area contributed by atoms with Crippen LogP contribution in [0, 0.1) is 0 Å². The Morgan fingerprint density at radius 2 is 2.04 bits per heavy atom. The molecular formula is C17H17LiN2O4. The first kappa shape index (κ1) is 18.3. The molecule has 1 aliphatic heterocycles. The molecule has 0 aliphatic carbocycles. The van der Waals surface area contributed by atoms with Crippen molar-refractivity contribution in [3.8, 4) is 11.5 Å². The number of benzene rings is 1. The third-order valence-corrected chi connectivity index (χ3v) is 3.95. The maximum atomic E-state index is 10.9. The molecule has 1 aromatic carbocycles. The van der Waals surface area contributed by atoms with E-state index in [9.17, 15) is 9.90 Å². The molecule has 0 fully saturated rings. The zero-order chi connectivity index (χ0) is 16.4. The van der Waals surface area contributed by atoms with E-state index in [1.807, 2.05) is 18.2 Å². The number of nitrogens with zero attached hydrogens (tertiary/aromatic N) is 2. The number of hydrogen-bond acceptors (Lipinski definition) is 6. The molecule has 0 saturated carbocycles. The molecule has 0 atom stereocenters. The summed E-state index contributed by atoms with van der Waals surface area (Å²) in [6.07, 6.45) is 1.35. The third-order valence-electron chi connectivity index (χ3n) is 3.95. The predicted molar refractivity (Wildman–Crippen MR) is 81.1 cm³/mol. The smallest absolute Gasteiger partial charge is 0.545 e. The summed E-state index contributed by atoms with van der Waals surface area (Å²) in [5.41, 5.74) is 3.00. The van der Waals surface area contributed by atoms with Gasteiger partial charge < -0.3 is 19.4 Å². The second kappa shape index (κ2) is 7.71. The van der Waals surface area contributed by atoms with E-state index in [2.05, 4.69) is 9.88 Å². The number of carbonyl (C=O) groups excluding carboxylic acids is 1. The molecule has 120 valence electrons. The van der Waals surface area contributed by atoms with Gasteiger partial charge in [-0.3, -0.25) is 9.88 Å². The third kappa shape index (κ3) is 3.73. The average Bonchev–Trinajstić information content (AvgIpc) is 2.96. The van der Waals surface area contributed by atoms with Crippen molar-refractivity contribution < 1.29 is 38.2 Å². The molecular weight excluding hydrogens is 303 g/mol. The molecule has 0 spiro atoms. The first-order valence-electron chi connectivity index (χ1n) is 7.23. The largest absolute Gasteiger partial charge is 1.00 e. The molecule has 24 heavy (non-hydrogen) atoms. The van der Waals surface area contributed by atoms with E-state index in [0.29, 0.717) is 19.6 Å². The van der Waals surface area contributed by atoms with Gasteiger partial charge in [0.2, 0.25) is 0 Å². The maximum Gasteiger partial charge on any atom is 1.00 e. The van der Waals surface area contributed by atoms with Crippen LogP contribution in [-0.2, 0) is 19.6 Å². The minimum atomic E-state index is -1.20. The van der Waals surface area contributed by atoms with Crippen molar-refractivity contribution in [2.45, 2.75) is 19.6 Å². The molecule has 3 rings (SSSR count). The van der Waals surface area contributed by atoms with Gasteiger partial charge in [-0.05, 0) is 17.7 Å². The van der Waals surface area contributed by atoms with Gasteiger partial charge in [-0.25, -0.2) is 0 Å². The maximum absolute atomic E-state index is 10.9. The Balaban J connectivity index is 0.00000208. The number of pyridine rings is 1. The standard InChI is InChI=1S/C17H18N2O4.Li/c1-22-14-4-3-11(16(6-14)23-2)8-19-9-13-5-12(17(20)21)7-18-15(13)10-19;/h3-7H,8-10H2,1-2H3,(H,20,21);/q;+1/p-1. The van der Waals surface area contributed by atoms with Gasteiger partial charge in [0.15, 0.2) is 0 Å². The first-order valence-corrected chi connectivity index (χ1v) is 7.23. The van der Waals surface area contributed by atoms with Gasteiger partial charge in [0.05, 0.1) is 25.9 Å². The monoisotopic (exact) mass is 320 g/mol. The van der Waals surface area contributed by atoms with Crippen molar-refractivity contribution in [3.05, 3.63) is 52.8 Å². The molecule has 2 heterocycles. The van der Waals surface area contributed by atoms with Crippen LogP contribution in [0.2, 0.25) is 0 Å². The van der Waals surface area contributed by atoms with Crippen LogP contribution in [-0.4, -0.2) is 30.1 Å². The van der Waals surface area contributed by atoms with Gasteiger partial charge >= 0.3 is 18.9 Å². The molecule has 0 N–H and O–H groups in total. The van der Waals surface area contributed by atoms with Gasteiger partial charge in [-0.15, -0.1) is 0 Å². The Labute approximate surface area is 152 Å². The molecule has 7 heteroatoms. The van der Waals surface area contributed by atoms with E-state index >= 15 is 0 Å². The molecule has 0 bridgehead atoms. The first-order chi connectivity index (χ1) is 11.1. The summed E-state index contributed by atoms with van der Waals surface area (Å²) in [6, 6.07) is 7.36. The van der Waals surface area contributed by atoms with Gasteiger partial charge in [0.1, 0.15) is 11.5 Å². The Hall–Kier alpha value is -2.00. The van der Waals surface area contributed by atoms with Crippen molar-refractivity contribution in [3.63, 3.8) is 0 Å². The quantitative estimate of drug-likeness (QED) is 0.592. The van der Waals surface area contributed by atoms with E-state index in [1.54, 1.807) is 20.3 Å². The number of ether oxygens (including phenoxy) is 2. The Morgan fingerprint density at radius 1 is 1.25 bits per heavy atom. The Kier molecular flexibility index (Phi) is 5.89. The van der Waals surface area contributed by atoms with Crippen LogP contribution in [0.25, 0.3) is 0 Å². The van der Waals surface area contributed by atoms with Gasteiger partial charge in [0, 0.05) is 43.0 Å². The van der Waals surface area contributed by atoms with Crippen molar-refractivity contribution in [2.24, 2.45) is 0 Å². The van der Waals surface area contributed by atoms with Crippen LogP contribution < -0.4 is 33.4 Å². The zero-order valence-corrected chi connectivity index (χ0v) is 14.0. The minimum absolute atomic E-state index is 0. The van der Waals surface area contributed by atoms with E-state index in [0.717, 1.165) is 28.3 Å². The second-order valence-electron chi connectivity index (χ2n) is 5.44. The molecule has 6 nitrogen and oxygen atoms in total. The number of carbonyl (C=O) groups is 1. The van der Waals surface area contributed by atoms with Gasteiger partial charge in [-0.1, -0.05) is 6.07 Å². The van der Waals surface area contributed by atoms with E-state index in [4.69, 9.17) is 9.47 Å². The molecule has 2 aromatic rings. The molecule has 0 saturated heterocycles. The number of carboxylic acid groups (broad SMARTS) is 1. The number of rotatable bonds is 5. The predicted octanol–water partition coefficient (Wildman–Crippen LogP) is -2.02. The number of methoxy groups -OCH3 is 2. The Bertz CT molecular complexity index is 751. The summed E-state index contributed by atoms with van der Waals surface area (Å²) in [6.45, 7) is 2.01. The number of aromatic nitrogens is 1. The van der Waals surface area contributed by atoms with Crippen LogP contribution in [0.15, 0.2) is 30.5 Å². The van der Waals surface area contributed by atoms with Crippen molar-refractivity contribution in [2.75, 3.05) is 14.2 Å². The van der Waals surface area contributed by atoms with Crippen LogP contribution in [0.4, 0.5) is 0 Å². The summed E-state index contributed by atoms with van der Waals surface area (Å²) in [5.74, 6) is 0.315. The Morgan fingerprint density at radius 3 is 2.71 bits per heavy atom. The van der Waals surface area contributed by atoms with Crippen molar-refractivity contribution >= 4 is 5.97 Å². The molecule has 0 amide bonds. The van der Waals surface area contributed by atoms with E-state index < -0.39 is 5.97 Å². The summed E-state index contributed by atoms with van der Waals surface area (Å²) in [7, 11) is 3.25. The summed E-state index contributed by atoms with van der Waals surface area (Å²) >= 11 is 0. The minimum Gasteiger partial charge on any atom is -0.545 e. The van der Waals surface area contributed by atoms with Crippen LogP contribution in [0.5, 0.6) is 11.5 Å². The van der Waals surface area contributed by atoms with Crippen LogP contribution >= 0.6 is 0 Å². The van der Waals surface area contributed by atoms with Crippen molar-refractivity contribution in [1.29, 1.82) is 0 Å². The number of hydrogen-bond donors (Lipinski definition) is 0. The number of carboxylic acids is 1. The molecule has 1 aliphatic rings. The van der Waals surface area contributed by atoms with Gasteiger partial charge in [0.25, 0.3) is 0 Å².